The molecule has 1 N–H and O–H groups in total. The lowest BCUT2D eigenvalue weighted by atomic mass is 9.88. The molecular formula is C27H33N3O5. The first-order valence-corrected chi connectivity index (χ1v) is 12.2. The zero-order valence-corrected chi connectivity index (χ0v) is 20.4. The average molecular weight is 480 g/mol. The Labute approximate surface area is 206 Å². The van der Waals surface area contributed by atoms with E-state index in [2.05, 4.69) is 5.32 Å². The second-order valence-electron chi connectivity index (χ2n) is 9.07. The van der Waals surface area contributed by atoms with Gasteiger partial charge < -0.3 is 24.6 Å². The predicted molar refractivity (Wildman–Crippen MR) is 132 cm³/mol. The number of ether oxygens (including phenoxy) is 2. The Morgan fingerprint density at radius 1 is 0.771 bits per heavy atom. The third kappa shape index (κ3) is 5.75. The van der Waals surface area contributed by atoms with Crippen LogP contribution in [0.15, 0.2) is 48.5 Å². The molecule has 1 atom stereocenters. The highest BCUT2D eigenvalue weighted by atomic mass is 16.5. The van der Waals surface area contributed by atoms with Gasteiger partial charge in [0.25, 0.3) is 11.8 Å². The molecule has 0 bridgehead atoms. The van der Waals surface area contributed by atoms with Gasteiger partial charge in [0, 0.05) is 37.3 Å². The normalized spacial score (nSPS) is 17.1. The summed E-state index contributed by atoms with van der Waals surface area (Å²) in [5, 5.41) is 3.02. The molecule has 186 valence electrons. The van der Waals surface area contributed by atoms with Crippen molar-refractivity contribution >= 4 is 17.7 Å². The quantitative estimate of drug-likeness (QED) is 0.660. The van der Waals surface area contributed by atoms with Gasteiger partial charge in [-0.05, 0) is 80.1 Å². The number of rotatable bonds is 7. The van der Waals surface area contributed by atoms with E-state index in [9.17, 15) is 14.4 Å². The van der Waals surface area contributed by atoms with Gasteiger partial charge >= 0.3 is 0 Å². The molecule has 4 rings (SSSR count). The van der Waals surface area contributed by atoms with E-state index in [-0.39, 0.29) is 23.6 Å². The largest absolute Gasteiger partial charge is 0.497 e. The molecule has 0 unspecified atom stereocenters. The van der Waals surface area contributed by atoms with Crippen LogP contribution in [-0.4, -0.2) is 74.0 Å². The molecule has 0 saturated carbocycles. The summed E-state index contributed by atoms with van der Waals surface area (Å²) in [5.41, 5.74) is 1.10. The minimum atomic E-state index is -0.610. The molecule has 0 spiro atoms. The molecule has 35 heavy (non-hydrogen) atoms. The van der Waals surface area contributed by atoms with Gasteiger partial charge in [-0.2, -0.15) is 0 Å². The van der Waals surface area contributed by atoms with Crippen LogP contribution in [0.2, 0.25) is 0 Å². The Kier molecular flexibility index (Phi) is 7.90. The van der Waals surface area contributed by atoms with Gasteiger partial charge in [0.2, 0.25) is 5.91 Å². The van der Waals surface area contributed by atoms with Crippen LogP contribution in [0.4, 0.5) is 0 Å². The maximum absolute atomic E-state index is 13.4. The van der Waals surface area contributed by atoms with Gasteiger partial charge in [-0.25, -0.2) is 0 Å². The number of methoxy groups -OCH3 is 2. The number of likely N-dealkylation sites (tertiary alicyclic amines) is 2. The number of piperidine rings is 1. The predicted octanol–water partition coefficient (Wildman–Crippen LogP) is 2.98. The standard InChI is InChI=1S/C27H33N3O5/c1-34-22-9-5-20(6-10-22)25(31)28-24(27(33)29-15-3-4-16-29)19-13-17-30(18-14-19)26(32)21-7-11-23(35-2)12-8-21/h5-12,19,24H,3-4,13-18H2,1-2H3,(H,28,31)/t24-/m1/s1. The fourth-order valence-electron chi connectivity index (χ4n) is 4.83. The van der Waals surface area contributed by atoms with Crippen LogP contribution in [0.1, 0.15) is 46.4 Å². The highest BCUT2D eigenvalue weighted by Gasteiger charge is 2.37. The van der Waals surface area contributed by atoms with Gasteiger partial charge in [-0.1, -0.05) is 0 Å². The molecule has 8 heteroatoms. The van der Waals surface area contributed by atoms with Crippen molar-refractivity contribution in [2.75, 3.05) is 40.4 Å². The van der Waals surface area contributed by atoms with Crippen molar-refractivity contribution < 1.29 is 23.9 Å². The Morgan fingerprint density at radius 3 is 1.80 bits per heavy atom. The minimum absolute atomic E-state index is 0.0238. The molecular weight excluding hydrogens is 446 g/mol. The van der Waals surface area contributed by atoms with Crippen molar-refractivity contribution in [2.24, 2.45) is 5.92 Å². The summed E-state index contributed by atoms with van der Waals surface area (Å²) in [7, 11) is 3.17. The van der Waals surface area contributed by atoms with E-state index in [1.807, 2.05) is 9.80 Å². The van der Waals surface area contributed by atoms with E-state index in [4.69, 9.17) is 9.47 Å². The number of hydrogen-bond acceptors (Lipinski definition) is 5. The molecule has 0 aliphatic carbocycles. The second-order valence-corrected chi connectivity index (χ2v) is 9.07. The number of amides is 3. The number of nitrogens with zero attached hydrogens (tertiary/aromatic N) is 2. The van der Waals surface area contributed by atoms with Crippen molar-refractivity contribution in [3.8, 4) is 11.5 Å². The van der Waals surface area contributed by atoms with E-state index >= 15 is 0 Å². The third-order valence-electron chi connectivity index (χ3n) is 6.96. The number of benzene rings is 2. The topological polar surface area (TPSA) is 88.2 Å². The van der Waals surface area contributed by atoms with Crippen molar-refractivity contribution in [1.29, 1.82) is 0 Å². The summed E-state index contributed by atoms with van der Waals surface area (Å²) >= 11 is 0. The lowest BCUT2D eigenvalue weighted by molar-refractivity contribution is -0.134. The summed E-state index contributed by atoms with van der Waals surface area (Å²) < 4.78 is 10.3. The summed E-state index contributed by atoms with van der Waals surface area (Å²) in [6, 6.07) is 13.3. The Balaban J connectivity index is 1.43. The Morgan fingerprint density at radius 2 is 1.29 bits per heavy atom. The number of carbonyl (C=O) groups excluding carboxylic acids is 3. The smallest absolute Gasteiger partial charge is 0.253 e. The monoisotopic (exact) mass is 479 g/mol. The minimum Gasteiger partial charge on any atom is -0.497 e. The van der Waals surface area contributed by atoms with Gasteiger partial charge in [0.15, 0.2) is 0 Å². The first kappa shape index (κ1) is 24.6. The van der Waals surface area contributed by atoms with Crippen LogP contribution < -0.4 is 14.8 Å². The third-order valence-corrected chi connectivity index (χ3v) is 6.96. The molecule has 2 aliphatic rings. The molecule has 2 fully saturated rings. The average Bonchev–Trinajstić information content (AvgIpc) is 3.46. The number of nitrogens with one attached hydrogen (secondary N) is 1. The fourth-order valence-corrected chi connectivity index (χ4v) is 4.83. The van der Waals surface area contributed by atoms with E-state index in [0.717, 1.165) is 25.9 Å². The van der Waals surface area contributed by atoms with Crippen LogP contribution in [0.5, 0.6) is 11.5 Å². The molecule has 2 aliphatic heterocycles. The lowest BCUT2D eigenvalue weighted by Gasteiger charge is -2.37. The molecule has 8 nitrogen and oxygen atoms in total. The summed E-state index contributed by atoms with van der Waals surface area (Å²) in [4.78, 5) is 43.1. The van der Waals surface area contributed by atoms with Gasteiger partial charge in [0.1, 0.15) is 17.5 Å². The zero-order valence-electron chi connectivity index (χ0n) is 20.4. The second kappa shape index (κ2) is 11.3. The lowest BCUT2D eigenvalue weighted by Crippen LogP contribution is -2.54. The Hall–Kier alpha value is -3.55. The Bertz CT molecular complexity index is 1020. The maximum atomic E-state index is 13.4. The van der Waals surface area contributed by atoms with Gasteiger partial charge in [-0.3, -0.25) is 14.4 Å². The molecule has 2 saturated heterocycles. The van der Waals surface area contributed by atoms with E-state index < -0.39 is 6.04 Å². The van der Waals surface area contributed by atoms with E-state index in [0.29, 0.717) is 48.6 Å². The van der Waals surface area contributed by atoms with E-state index in [1.54, 1.807) is 62.8 Å². The van der Waals surface area contributed by atoms with Crippen molar-refractivity contribution in [3.63, 3.8) is 0 Å². The molecule has 2 heterocycles. The summed E-state index contributed by atoms with van der Waals surface area (Å²) in [6.07, 6.45) is 3.27. The first-order chi connectivity index (χ1) is 17.0. The first-order valence-electron chi connectivity index (χ1n) is 12.2. The van der Waals surface area contributed by atoms with Crippen molar-refractivity contribution in [2.45, 2.75) is 31.7 Å². The summed E-state index contributed by atoms with van der Waals surface area (Å²) in [5.74, 6) is 1.00. The van der Waals surface area contributed by atoms with Crippen LogP contribution in [0.25, 0.3) is 0 Å². The van der Waals surface area contributed by atoms with Gasteiger partial charge in [-0.15, -0.1) is 0 Å². The zero-order chi connectivity index (χ0) is 24.8. The molecule has 0 radical (unpaired) electrons. The van der Waals surface area contributed by atoms with Crippen LogP contribution in [-0.2, 0) is 4.79 Å². The highest BCUT2D eigenvalue weighted by molar-refractivity contribution is 5.98. The van der Waals surface area contributed by atoms with Gasteiger partial charge in [0.05, 0.1) is 14.2 Å². The van der Waals surface area contributed by atoms with Crippen LogP contribution >= 0.6 is 0 Å². The van der Waals surface area contributed by atoms with Crippen molar-refractivity contribution in [1.82, 2.24) is 15.1 Å². The SMILES string of the molecule is COc1ccc(C(=O)N[C@@H](C(=O)N2CCCC2)C2CCN(C(=O)c3ccc(OC)cc3)CC2)cc1. The number of carbonyl (C=O) groups is 3. The number of hydrogen-bond donors (Lipinski definition) is 1. The summed E-state index contributed by atoms with van der Waals surface area (Å²) in [6.45, 7) is 2.53. The highest BCUT2D eigenvalue weighted by Crippen LogP contribution is 2.25. The molecule has 2 aromatic rings. The maximum Gasteiger partial charge on any atom is 0.253 e. The molecule has 3 amide bonds. The van der Waals surface area contributed by atoms with E-state index in [1.165, 1.54) is 0 Å². The molecule has 0 aromatic heterocycles. The fraction of sp³-hybridized carbons (Fsp3) is 0.444. The molecule has 2 aromatic carbocycles. The van der Waals surface area contributed by atoms with Crippen molar-refractivity contribution in [3.05, 3.63) is 59.7 Å². The van der Waals surface area contributed by atoms with Crippen LogP contribution in [0.3, 0.4) is 0 Å². The van der Waals surface area contributed by atoms with Crippen LogP contribution in [0, 0.1) is 5.92 Å².